The van der Waals surface area contributed by atoms with E-state index in [4.69, 9.17) is 8.37 Å². The number of aliphatic hydroxyl groups excluding tert-OH is 1. The SMILES string of the molecule is CCCCCCCCCCCCCCCCCCCCCCCCCCCC(O)[SH](OC(=O)CC)OC(=O)CC. The lowest BCUT2D eigenvalue weighted by Crippen LogP contribution is -2.17. The Morgan fingerprint density at radius 3 is 0.975 bits per heavy atom. The summed E-state index contributed by atoms with van der Waals surface area (Å²) in [6.07, 6.45) is 34.9. The van der Waals surface area contributed by atoms with Crippen molar-refractivity contribution in [1.29, 1.82) is 0 Å². The molecule has 0 rings (SSSR count). The molecule has 40 heavy (non-hydrogen) atoms. The number of thiol groups is 1. The van der Waals surface area contributed by atoms with Crippen LogP contribution in [0.1, 0.15) is 201 Å². The topological polar surface area (TPSA) is 72.8 Å². The minimum atomic E-state index is -1.91. The van der Waals surface area contributed by atoms with Gasteiger partial charge in [0, 0.05) is 12.8 Å². The maximum absolute atomic E-state index is 11.6. The number of carbonyl (C=O) groups is 2. The van der Waals surface area contributed by atoms with Crippen LogP contribution in [-0.2, 0) is 18.0 Å². The first-order chi connectivity index (χ1) is 19.5. The highest BCUT2D eigenvalue weighted by Crippen LogP contribution is 2.36. The molecular formula is C34H68O5S. The lowest BCUT2D eigenvalue weighted by molar-refractivity contribution is -0.136. The molecule has 0 aliphatic rings. The van der Waals surface area contributed by atoms with Crippen molar-refractivity contribution in [3.05, 3.63) is 0 Å². The van der Waals surface area contributed by atoms with E-state index in [1.807, 2.05) is 0 Å². The molecule has 0 heterocycles. The third kappa shape index (κ3) is 27.4. The monoisotopic (exact) mass is 588 g/mol. The lowest BCUT2D eigenvalue weighted by Gasteiger charge is -2.28. The molecule has 1 unspecified atom stereocenters. The summed E-state index contributed by atoms with van der Waals surface area (Å²) in [5.74, 6) is -0.882. The molecule has 0 saturated carbocycles. The highest BCUT2D eigenvalue weighted by Gasteiger charge is 2.19. The minimum absolute atomic E-state index is 0.203. The van der Waals surface area contributed by atoms with Crippen molar-refractivity contribution in [2.45, 2.75) is 206 Å². The van der Waals surface area contributed by atoms with Crippen LogP contribution < -0.4 is 0 Å². The largest absolute Gasteiger partial charge is 0.372 e. The molecule has 240 valence electrons. The molecule has 0 amide bonds. The second-order valence-corrected chi connectivity index (χ2v) is 13.2. The van der Waals surface area contributed by atoms with Gasteiger partial charge < -0.3 is 13.5 Å². The predicted molar refractivity (Wildman–Crippen MR) is 173 cm³/mol. The van der Waals surface area contributed by atoms with Crippen LogP contribution in [-0.4, -0.2) is 22.5 Å². The lowest BCUT2D eigenvalue weighted by atomic mass is 10.0. The Balaban J connectivity index is 3.39. The van der Waals surface area contributed by atoms with Gasteiger partial charge in [0.2, 0.25) is 0 Å². The molecule has 0 saturated heterocycles. The van der Waals surface area contributed by atoms with E-state index in [0.29, 0.717) is 6.42 Å². The van der Waals surface area contributed by atoms with Gasteiger partial charge in [0.25, 0.3) is 0 Å². The summed E-state index contributed by atoms with van der Waals surface area (Å²) in [6, 6.07) is 0. The molecule has 0 aromatic heterocycles. The maximum Gasteiger partial charge on any atom is 0.328 e. The Kier molecular flexibility index (Phi) is 30.6. The summed E-state index contributed by atoms with van der Waals surface area (Å²) >= 11 is -1.91. The maximum atomic E-state index is 11.6. The first kappa shape index (κ1) is 39.2. The van der Waals surface area contributed by atoms with Crippen molar-refractivity contribution >= 4 is 23.4 Å². The van der Waals surface area contributed by atoms with Crippen molar-refractivity contribution in [1.82, 2.24) is 0 Å². The van der Waals surface area contributed by atoms with Gasteiger partial charge in [-0.05, 0) is 12.8 Å². The highest BCUT2D eigenvalue weighted by molar-refractivity contribution is 8.09. The zero-order valence-electron chi connectivity index (χ0n) is 26.9. The minimum Gasteiger partial charge on any atom is -0.372 e. The predicted octanol–water partition coefficient (Wildman–Crippen LogP) is 11.2. The third-order valence-corrected chi connectivity index (χ3v) is 9.28. The van der Waals surface area contributed by atoms with Crippen LogP contribution in [0.25, 0.3) is 0 Å². The fourth-order valence-corrected chi connectivity index (χ4v) is 6.38. The Morgan fingerprint density at radius 1 is 0.475 bits per heavy atom. The van der Waals surface area contributed by atoms with E-state index >= 15 is 0 Å². The van der Waals surface area contributed by atoms with Gasteiger partial charge >= 0.3 is 11.9 Å². The molecule has 0 aromatic carbocycles. The molecule has 5 nitrogen and oxygen atoms in total. The molecule has 0 fully saturated rings. The van der Waals surface area contributed by atoms with E-state index < -0.39 is 28.8 Å². The Labute approximate surface area is 252 Å². The van der Waals surface area contributed by atoms with E-state index in [1.165, 1.54) is 141 Å². The van der Waals surface area contributed by atoms with Gasteiger partial charge in [0.1, 0.15) is 0 Å². The number of unbranched alkanes of at least 4 members (excludes halogenated alkanes) is 24. The molecule has 0 spiro atoms. The number of carbonyl (C=O) groups excluding carboxylic acids is 2. The van der Waals surface area contributed by atoms with Gasteiger partial charge in [-0.2, -0.15) is 0 Å². The van der Waals surface area contributed by atoms with Gasteiger partial charge in [-0.15, -0.1) is 0 Å². The van der Waals surface area contributed by atoms with Gasteiger partial charge in [-0.1, -0.05) is 186 Å². The second-order valence-electron chi connectivity index (χ2n) is 11.7. The van der Waals surface area contributed by atoms with E-state index in [2.05, 4.69) is 6.92 Å². The number of hydrogen-bond acceptors (Lipinski definition) is 5. The first-order valence-electron chi connectivity index (χ1n) is 17.4. The molecular weight excluding hydrogens is 520 g/mol. The van der Waals surface area contributed by atoms with Crippen molar-refractivity contribution in [2.24, 2.45) is 0 Å². The fraction of sp³-hybridized carbons (Fsp3) is 0.941. The van der Waals surface area contributed by atoms with Crippen molar-refractivity contribution in [3.63, 3.8) is 0 Å². The van der Waals surface area contributed by atoms with Gasteiger partial charge in [-0.3, -0.25) is 9.59 Å². The van der Waals surface area contributed by atoms with Crippen molar-refractivity contribution < 1.29 is 23.1 Å². The molecule has 0 aromatic rings. The summed E-state index contributed by atoms with van der Waals surface area (Å²) in [5, 5.41) is 10.4. The smallest absolute Gasteiger partial charge is 0.328 e. The molecule has 0 bridgehead atoms. The quantitative estimate of drug-likeness (QED) is 0.0622. The van der Waals surface area contributed by atoms with Crippen LogP contribution in [0.15, 0.2) is 0 Å². The molecule has 0 radical (unpaired) electrons. The van der Waals surface area contributed by atoms with Crippen molar-refractivity contribution in [3.8, 4) is 0 Å². The van der Waals surface area contributed by atoms with Gasteiger partial charge in [0.05, 0.1) is 0 Å². The van der Waals surface area contributed by atoms with E-state index in [-0.39, 0.29) is 12.8 Å². The Morgan fingerprint density at radius 2 is 0.725 bits per heavy atom. The number of aliphatic hydroxyl groups is 1. The Hall–Kier alpha value is -0.750. The molecule has 1 N–H and O–H groups in total. The molecule has 0 aliphatic heterocycles. The number of hydrogen-bond donors (Lipinski definition) is 2. The average Bonchev–Trinajstić information content (AvgIpc) is 2.96. The van der Waals surface area contributed by atoms with E-state index in [9.17, 15) is 14.7 Å². The van der Waals surface area contributed by atoms with Crippen LogP contribution in [0.2, 0.25) is 0 Å². The van der Waals surface area contributed by atoms with Crippen LogP contribution in [0.3, 0.4) is 0 Å². The molecule has 0 aliphatic carbocycles. The van der Waals surface area contributed by atoms with Crippen LogP contribution in [0.4, 0.5) is 0 Å². The summed E-state index contributed by atoms with van der Waals surface area (Å²) in [6.45, 7) is 5.66. The normalized spacial score (nSPS) is 12.3. The second kappa shape index (κ2) is 31.2. The summed E-state index contributed by atoms with van der Waals surface area (Å²) < 4.78 is 10.3. The van der Waals surface area contributed by atoms with Gasteiger partial charge in [-0.25, -0.2) is 0 Å². The first-order valence-corrected chi connectivity index (χ1v) is 18.7. The average molecular weight is 589 g/mol. The Bertz CT molecular complexity index is 538. The fourth-order valence-electron chi connectivity index (χ4n) is 5.04. The highest BCUT2D eigenvalue weighted by atomic mass is 32.2. The van der Waals surface area contributed by atoms with Crippen LogP contribution in [0, 0.1) is 0 Å². The van der Waals surface area contributed by atoms with Gasteiger partial charge in [0.15, 0.2) is 5.44 Å². The molecule has 1 atom stereocenters. The van der Waals surface area contributed by atoms with Crippen LogP contribution >= 0.6 is 11.5 Å². The number of rotatable bonds is 31. The molecule has 6 heteroatoms. The van der Waals surface area contributed by atoms with Crippen molar-refractivity contribution in [2.75, 3.05) is 0 Å². The van der Waals surface area contributed by atoms with E-state index in [0.717, 1.165) is 19.3 Å². The van der Waals surface area contributed by atoms with Crippen LogP contribution in [0.5, 0.6) is 0 Å². The summed E-state index contributed by atoms with van der Waals surface area (Å²) in [4.78, 5) is 23.2. The summed E-state index contributed by atoms with van der Waals surface area (Å²) in [7, 11) is 0. The summed E-state index contributed by atoms with van der Waals surface area (Å²) in [5.41, 5.74) is -0.898. The zero-order chi connectivity index (χ0) is 29.5. The zero-order valence-corrected chi connectivity index (χ0v) is 27.8. The third-order valence-electron chi connectivity index (χ3n) is 7.77. The standard InChI is InChI=1S/C34H68O5S/c1-4-7-8-9-10-11-12-13-14-15-16-17-18-19-20-21-22-23-24-25-26-27-28-29-30-31-34(37)40(38-32(35)5-2)39-33(36)6-3/h34,37,40H,4-31H2,1-3H3. The van der Waals surface area contributed by atoms with E-state index in [1.54, 1.807) is 13.8 Å².